The summed E-state index contributed by atoms with van der Waals surface area (Å²) >= 11 is 0. The molecular weight excluding hydrogens is 240 g/mol. The zero-order chi connectivity index (χ0) is 13.4. The molecule has 2 aromatic rings. The van der Waals surface area contributed by atoms with Gasteiger partial charge in [-0.15, -0.1) is 0 Å². The van der Waals surface area contributed by atoms with E-state index in [4.69, 9.17) is 0 Å². The molecule has 0 unspecified atom stereocenters. The quantitative estimate of drug-likeness (QED) is 0.667. The van der Waals surface area contributed by atoms with E-state index in [0.717, 1.165) is 23.7 Å². The second-order valence-corrected chi connectivity index (χ2v) is 6.22. The van der Waals surface area contributed by atoms with Crippen LogP contribution in [0.2, 0.25) is 0 Å². The molecule has 0 saturated heterocycles. The Morgan fingerprint density at radius 1 is 0.600 bits per heavy atom. The summed E-state index contributed by atoms with van der Waals surface area (Å²) in [7, 11) is 0. The van der Waals surface area contributed by atoms with Crippen molar-refractivity contribution in [3.05, 3.63) is 83.9 Å². The van der Waals surface area contributed by atoms with E-state index < -0.39 is 0 Å². The van der Waals surface area contributed by atoms with E-state index in [1.54, 1.807) is 0 Å². The van der Waals surface area contributed by atoms with Gasteiger partial charge in [-0.1, -0.05) is 72.8 Å². The first-order valence-electron chi connectivity index (χ1n) is 7.70. The number of hydrogen-bond acceptors (Lipinski definition) is 0. The monoisotopic (exact) mass is 260 g/mol. The molecule has 4 atom stereocenters. The van der Waals surface area contributed by atoms with Gasteiger partial charge in [0.25, 0.3) is 0 Å². The van der Waals surface area contributed by atoms with E-state index in [1.807, 2.05) is 0 Å². The summed E-state index contributed by atoms with van der Waals surface area (Å²) in [5.74, 6) is 3.13. The van der Waals surface area contributed by atoms with Gasteiger partial charge in [0.1, 0.15) is 0 Å². The lowest BCUT2D eigenvalue weighted by atomic mass is 10.1. The summed E-state index contributed by atoms with van der Waals surface area (Å²) in [6, 6.07) is 21.9. The predicted octanol–water partition coefficient (Wildman–Crippen LogP) is 5.15. The molecule has 0 aliphatic heterocycles. The topological polar surface area (TPSA) is 0 Å². The Labute approximate surface area is 121 Å². The van der Waals surface area contributed by atoms with Gasteiger partial charge in [0, 0.05) is 0 Å². The van der Waals surface area contributed by atoms with E-state index in [0.29, 0.717) is 0 Å². The lowest BCUT2D eigenvalue weighted by Crippen LogP contribution is -1.82. The number of hydrogen-bond donors (Lipinski definition) is 0. The van der Waals surface area contributed by atoms with Crippen LogP contribution in [0.1, 0.15) is 35.8 Å². The summed E-state index contributed by atoms with van der Waals surface area (Å²) in [6.07, 6.45) is 7.63. The minimum atomic E-state index is 0.779. The van der Waals surface area contributed by atoms with Crippen molar-refractivity contribution in [1.29, 1.82) is 0 Å². The molecule has 0 N–H and O–H groups in total. The number of rotatable bonds is 4. The first-order valence-corrected chi connectivity index (χ1v) is 7.70. The van der Waals surface area contributed by atoms with Crippen LogP contribution < -0.4 is 0 Å². The van der Waals surface area contributed by atoms with Crippen molar-refractivity contribution in [2.75, 3.05) is 0 Å². The standard InChI is InChI=1S/C20H20/c1-3-7-15(8-4-1)19-13-17(19)11-12-18-14-20(18)16-9-5-2-6-10-16/h1-12,17-20H,13-14H2/b12-11+/t17-,18-,19+,20+/m1/s1. The SMILES string of the molecule is C(=C\[C@@H]1C[C@H]1c1ccccc1)/[C@@H]1C[C@H]1c1ccccc1. The third-order valence-corrected chi connectivity index (χ3v) is 4.74. The maximum Gasteiger partial charge on any atom is -0.00930 e. The molecule has 100 valence electrons. The molecule has 20 heavy (non-hydrogen) atoms. The molecule has 0 spiro atoms. The van der Waals surface area contributed by atoms with Crippen molar-refractivity contribution in [3.63, 3.8) is 0 Å². The summed E-state index contributed by atoms with van der Waals surface area (Å²) in [5, 5.41) is 0. The Kier molecular flexibility index (Phi) is 2.95. The Balaban J connectivity index is 1.34. The van der Waals surface area contributed by atoms with Gasteiger partial charge in [-0.3, -0.25) is 0 Å². The van der Waals surface area contributed by atoms with Gasteiger partial charge in [0.2, 0.25) is 0 Å². The summed E-state index contributed by atoms with van der Waals surface area (Å²) in [6.45, 7) is 0. The van der Waals surface area contributed by atoms with E-state index in [9.17, 15) is 0 Å². The van der Waals surface area contributed by atoms with E-state index in [1.165, 1.54) is 24.0 Å². The van der Waals surface area contributed by atoms with Gasteiger partial charge >= 0.3 is 0 Å². The largest absolute Gasteiger partial charge is 0.0845 e. The molecule has 0 heterocycles. The summed E-state index contributed by atoms with van der Waals surface area (Å²) in [4.78, 5) is 0. The molecule has 0 aromatic heterocycles. The zero-order valence-corrected chi connectivity index (χ0v) is 11.7. The lowest BCUT2D eigenvalue weighted by molar-refractivity contribution is 0.963. The smallest absolute Gasteiger partial charge is 0.00930 e. The van der Waals surface area contributed by atoms with Crippen molar-refractivity contribution in [2.24, 2.45) is 11.8 Å². The molecule has 0 amide bonds. The van der Waals surface area contributed by atoms with Crippen LogP contribution in [0.3, 0.4) is 0 Å². The second-order valence-electron chi connectivity index (χ2n) is 6.22. The Morgan fingerprint density at radius 3 is 1.40 bits per heavy atom. The average molecular weight is 260 g/mol. The number of benzene rings is 2. The molecular formula is C20H20. The molecule has 2 saturated carbocycles. The van der Waals surface area contributed by atoms with E-state index >= 15 is 0 Å². The number of allylic oxidation sites excluding steroid dienone is 2. The summed E-state index contributed by atoms with van der Waals surface area (Å²) in [5.41, 5.74) is 3.02. The van der Waals surface area contributed by atoms with Crippen LogP contribution in [0, 0.1) is 11.8 Å². The van der Waals surface area contributed by atoms with Crippen LogP contribution in [-0.2, 0) is 0 Å². The van der Waals surface area contributed by atoms with Gasteiger partial charge in [-0.25, -0.2) is 0 Å². The van der Waals surface area contributed by atoms with Gasteiger partial charge in [0.15, 0.2) is 0 Å². The highest BCUT2D eigenvalue weighted by Crippen LogP contribution is 2.52. The Bertz CT molecular complexity index is 541. The fourth-order valence-electron chi connectivity index (χ4n) is 3.31. The fraction of sp³-hybridized carbons (Fsp3) is 0.300. The third-order valence-electron chi connectivity index (χ3n) is 4.74. The van der Waals surface area contributed by atoms with Gasteiger partial charge in [0.05, 0.1) is 0 Å². The first kappa shape index (κ1) is 12.0. The molecule has 0 radical (unpaired) electrons. The van der Waals surface area contributed by atoms with Crippen LogP contribution in [-0.4, -0.2) is 0 Å². The van der Waals surface area contributed by atoms with Gasteiger partial charge in [-0.2, -0.15) is 0 Å². The van der Waals surface area contributed by atoms with Crippen LogP contribution in [0.15, 0.2) is 72.8 Å². The van der Waals surface area contributed by atoms with Crippen molar-refractivity contribution < 1.29 is 0 Å². The van der Waals surface area contributed by atoms with Crippen LogP contribution in [0.5, 0.6) is 0 Å². The lowest BCUT2D eigenvalue weighted by Gasteiger charge is -1.97. The first-order chi connectivity index (χ1) is 9.92. The molecule has 2 aliphatic carbocycles. The van der Waals surface area contributed by atoms with Gasteiger partial charge in [-0.05, 0) is 47.6 Å². The predicted molar refractivity (Wildman–Crippen MR) is 83.7 cm³/mol. The van der Waals surface area contributed by atoms with Crippen molar-refractivity contribution >= 4 is 0 Å². The maximum absolute atomic E-state index is 2.48. The van der Waals surface area contributed by atoms with Crippen LogP contribution in [0.25, 0.3) is 0 Å². The molecule has 0 bridgehead atoms. The molecule has 2 aromatic carbocycles. The molecule has 2 fully saturated rings. The highest BCUT2D eigenvalue weighted by molar-refractivity contribution is 5.31. The maximum atomic E-state index is 2.48. The van der Waals surface area contributed by atoms with Crippen LogP contribution in [0.4, 0.5) is 0 Å². The third kappa shape index (κ3) is 2.43. The fourth-order valence-corrected chi connectivity index (χ4v) is 3.31. The zero-order valence-electron chi connectivity index (χ0n) is 11.7. The van der Waals surface area contributed by atoms with Crippen molar-refractivity contribution in [3.8, 4) is 0 Å². The Hall–Kier alpha value is -1.82. The molecule has 4 rings (SSSR count). The highest BCUT2D eigenvalue weighted by Gasteiger charge is 2.39. The molecule has 0 nitrogen and oxygen atoms in total. The van der Waals surface area contributed by atoms with Gasteiger partial charge < -0.3 is 0 Å². The second kappa shape index (κ2) is 4.94. The highest BCUT2D eigenvalue weighted by atomic mass is 14.4. The minimum Gasteiger partial charge on any atom is -0.0845 e. The van der Waals surface area contributed by atoms with E-state index in [2.05, 4.69) is 72.8 Å². The molecule has 0 heteroatoms. The minimum absolute atomic E-state index is 0.779. The normalized spacial score (nSPS) is 31.4. The van der Waals surface area contributed by atoms with Crippen molar-refractivity contribution in [2.45, 2.75) is 24.7 Å². The average Bonchev–Trinajstić information content (AvgIpc) is 3.41. The van der Waals surface area contributed by atoms with Crippen molar-refractivity contribution in [1.82, 2.24) is 0 Å². The molecule has 2 aliphatic rings. The Morgan fingerprint density at radius 2 is 1.00 bits per heavy atom. The van der Waals surface area contributed by atoms with Crippen LogP contribution >= 0.6 is 0 Å². The van der Waals surface area contributed by atoms with E-state index in [-0.39, 0.29) is 0 Å². The summed E-state index contributed by atoms with van der Waals surface area (Å²) < 4.78 is 0.